The maximum Gasteiger partial charge on any atom is 0.255 e. The Morgan fingerprint density at radius 3 is 2.34 bits per heavy atom. The summed E-state index contributed by atoms with van der Waals surface area (Å²) in [6.45, 7) is 0.724. The number of fused-ring (bicyclic) bond motifs is 1. The van der Waals surface area contributed by atoms with Crippen LogP contribution in [-0.2, 0) is 22.6 Å². The van der Waals surface area contributed by atoms with E-state index in [1.165, 1.54) is 19.0 Å². The summed E-state index contributed by atoms with van der Waals surface area (Å²) in [7, 11) is 2.91. The number of amides is 2. The van der Waals surface area contributed by atoms with Crippen molar-refractivity contribution in [3.05, 3.63) is 70.8 Å². The maximum atomic E-state index is 12.5. The fourth-order valence-corrected chi connectivity index (χ4v) is 3.21. The summed E-state index contributed by atoms with van der Waals surface area (Å²) in [4.78, 5) is 26.9. The van der Waals surface area contributed by atoms with Gasteiger partial charge in [-0.25, -0.2) is 0 Å². The Kier molecular flexibility index (Phi) is 6.32. The third-order valence-corrected chi connectivity index (χ3v) is 4.90. The van der Waals surface area contributed by atoms with Crippen LogP contribution in [0.2, 0.25) is 0 Å². The molecule has 0 unspecified atom stereocenters. The summed E-state index contributed by atoms with van der Waals surface area (Å²) < 4.78 is 0. The molecule has 0 saturated heterocycles. The van der Waals surface area contributed by atoms with E-state index in [1.54, 1.807) is 0 Å². The van der Waals surface area contributed by atoms with E-state index in [0.29, 0.717) is 19.5 Å². The molecule has 2 N–H and O–H groups in total. The normalized spacial score (nSPS) is 14.8. The molecule has 2 amide bonds. The zero-order valence-corrected chi connectivity index (χ0v) is 16.5. The fraction of sp³-hybridized carbons (Fsp3) is 0.304. The molecule has 2 atom stereocenters. The number of hydrogen-bond donors (Lipinski definition) is 2. The van der Waals surface area contributed by atoms with Crippen molar-refractivity contribution in [1.82, 2.24) is 9.80 Å². The van der Waals surface area contributed by atoms with Crippen LogP contribution in [0, 0.1) is 11.8 Å². The van der Waals surface area contributed by atoms with Gasteiger partial charge >= 0.3 is 0 Å². The monoisotopic (exact) mass is 392 g/mol. The van der Waals surface area contributed by atoms with Gasteiger partial charge < -0.3 is 20.0 Å². The van der Waals surface area contributed by atoms with Crippen LogP contribution in [0.3, 0.4) is 0 Å². The van der Waals surface area contributed by atoms with Gasteiger partial charge in [-0.3, -0.25) is 9.59 Å². The molecule has 0 aliphatic carbocycles. The smallest absolute Gasteiger partial charge is 0.255 e. The molecule has 6 heteroatoms. The van der Waals surface area contributed by atoms with Gasteiger partial charge in [0.2, 0.25) is 0 Å². The lowest BCUT2D eigenvalue weighted by Gasteiger charge is -2.31. The number of benzene rings is 2. The van der Waals surface area contributed by atoms with Crippen LogP contribution in [0.25, 0.3) is 0 Å². The summed E-state index contributed by atoms with van der Waals surface area (Å²) in [6, 6.07) is 15.6. The molecule has 150 valence electrons. The Bertz CT molecular complexity index is 960. The Hall–Kier alpha value is -3.14. The van der Waals surface area contributed by atoms with Crippen LogP contribution in [0.5, 0.6) is 0 Å². The molecule has 2 aromatic carbocycles. The minimum atomic E-state index is -1.78. The minimum absolute atomic E-state index is 0.320. The number of likely N-dealkylation sites (N-methyl/N-ethyl adjacent to an activating group) is 1. The van der Waals surface area contributed by atoms with Crippen molar-refractivity contribution in [2.45, 2.75) is 25.2 Å². The summed E-state index contributed by atoms with van der Waals surface area (Å²) in [5, 5.41) is 20.1. The second-order valence-electron chi connectivity index (χ2n) is 7.23. The van der Waals surface area contributed by atoms with Crippen LogP contribution < -0.4 is 0 Å². The number of carbonyl (C=O) groups excluding carboxylic acids is 2. The Morgan fingerprint density at radius 1 is 0.966 bits per heavy atom. The Morgan fingerprint density at radius 2 is 1.66 bits per heavy atom. The molecular weight excluding hydrogens is 368 g/mol. The average molecular weight is 392 g/mol. The van der Waals surface area contributed by atoms with Gasteiger partial charge in [0, 0.05) is 38.3 Å². The molecule has 0 spiro atoms. The standard InChI is InChI=1S/C23H24N2O4/c1-24(2)22(28)20(26)21(27)23(29)25-13-12-18-14-17(10-11-19(18)15-25)9-8-16-6-4-3-5-7-16/h3-7,10-11,14,20-21,26-27H,12-13,15H2,1-2H3/t20-,21-/m1/s1. The second kappa shape index (κ2) is 8.91. The molecule has 0 saturated carbocycles. The number of rotatable bonds is 3. The first-order chi connectivity index (χ1) is 13.9. The first kappa shape index (κ1) is 20.6. The molecule has 1 heterocycles. The van der Waals surface area contributed by atoms with Crippen molar-refractivity contribution >= 4 is 11.8 Å². The molecule has 1 aliphatic rings. The number of aliphatic hydroxyl groups is 2. The molecule has 2 aromatic rings. The SMILES string of the molecule is CN(C)C(=O)[C@H](O)[C@@H](O)C(=O)N1CCc2cc(C#Cc3ccccc3)ccc2C1. The van der Waals surface area contributed by atoms with E-state index in [1.807, 2.05) is 48.5 Å². The molecule has 0 radical (unpaired) electrons. The average Bonchev–Trinajstić information content (AvgIpc) is 2.75. The number of aliphatic hydroxyl groups excluding tert-OH is 2. The lowest BCUT2D eigenvalue weighted by molar-refractivity contribution is -0.157. The van der Waals surface area contributed by atoms with Crippen molar-refractivity contribution in [1.29, 1.82) is 0 Å². The number of hydrogen-bond acceptors (Lipinski definition) is 4. The van der Waals surface area contributed by atoms with E-state index >= 15 is 0 Å². The quantitative estimate of drug-likeness (QED) is 0.757. The van der Waals surface area contributed by atoms with Gasteiger partial charge in [-0.15, -0.1) is 0 Å². The summed E-state index contributed by atoms with van der Waals surface area (Å²) >= 11 is 0. The van der Waals surface area contributed by atoms with Crippen LogP contribution in [0.4, 0.5) is 0 Å². The lowest BCUT2D eigenvalue weighted by atomic mass is 9.96. The molecule has 29 heavy (non-hydrogen) atoms. The van der Waals surface area contributed by atoms with Crippen molar-refractivity contribution in [2.24, 2.45) is 0 Å². The summed E-state index contributed by atoms with van der Waals surface area (Å²) in [6.07, 6.45) is -2.93. The van der Waals surface area contributed by atoms with Gasteiger partial charge in [-0.05, 0) is 41.8 Å². The molecule has 1 aliphatic heterocycles. The predicted octanol–water partition coefficient (Wildman–Crippen LogP) is 0.781. The maximum absolute atomic E-state index is 12.5. The molecule has 0 aromatic heterocycles. The third kappa shape index (κ3) is 4.83. The van der Waals surface area contributed by atoms with Crippen LogP contribution in [-0.4, -0.2) is 64.7 Å². The Labute approximate surface area is 170 Å². The highest BCUT2D eigenvalue weighted by Gasteiger charge is 2.35. The van der Waals surface area contributed by atoms with Gasteiger partial charge in [0.25, 0.3) is 11.8 Å². The molecule has 6 nitrogen and oxygen atoms in total. The highest BCUT2D eigenvalue weighted by molar-refractivity contribution is 5.90. The zero-order valence-electron chi connectivity index (χ0n) is 16.5. The van der Waals surface area contributed by atoms with Crippen LogP contribution >= 0.6 is 0 Å². The van der Waals surface area contributed by atoms with Crippen molar-refractivity contribution in [3.8, 4) is 11.8 Å². The molecule has 0 bridgehead atoms. The van der Waals surface area contributed by atoms with Gasteiger partial charge in [0.05, 0.1) is 0 Å². The van der Waals surface area contributed by atoms with E-state index < -0.39 is 24.0 Å². The topological polar surface area (TPSA) is 81.1 Å². The lowest BCUT2D eigenvalue weighted by Crippen LogP contribution is -2.51. The van der Waals surface area contributed by atoms with Gasteiger partial charge in [0.1, 0.15) is 0 Å². The van der Waals surface area contributed by atoms with E-state index in [0.717, 1.165) is 27.2 Å². The molecule has 3 rings (SSSR count). The largest absolute Gasteiger partial charge is 0.380 e. The van der Waals surface area contributed by atoms with Crippen molar-refractivity contribution in [2.75, 3.05) is 20.6 Å². The highest BCUT2D eigenvalue weighted by atomic mass is 16.3. The minimum Gasteiger partial charge on any atom is -0.380 e. The van der Waals surface area contributed by atoms with Crippen molar-refractivity contribution < 1.29 is 19.8 Å². The van der Waals surface area contributed by atoms with Crippen LogP contribution in [0.1, 0.15) is 22.3 Å². The third-order valence-electron chi connectivity index (χ3n) is 4.90. The second-order valence-corrected chi connectivity index (χ2v) is 7.23. The summed E-state index contributed by atoms with van der Waals surface area (Å²) in [5.41, 5.74) is 3.92. The number of carbonyl (C=O) groups is 2. The first-order valence-corrected chi connectivity index (χ1v) is 9.42. The van der Waals surface area contributed by atoms with E-state index in [9.17, 15) is 19.8 Å². The van der Waals surface area contributed by atoms with Crippen molar-refractivity contribution in [3.63, 3.8) is 0 Å². The van der Waals surface area contributed by atoms with Gasteiger partial charge in [-0.2, -0.15) is 0 Å². The molecular formula is C23H24N2O4. The van der Waals surface area contributed by atoms with Gasteiger partial charge in [-0.1, -0.05) is 36.1 Å². The first-order valence-electron chi connectivity index (χ1n) is 9.42. The van der Waals surface area contributed by atoms with Gasteiger partial charge in [0.15, 0.2) is 12.2 Å². The van der Waals surface area contributed by atoms with E-state index in [4.69, 9.17) is 0 Å². The highest BCUT2D eigenvalue weighted by Crippen LogP contribution is 2.21. The summed E-state index contributed by atoms with van der Waals surface area (Å²) in [5.74, 6) is 4.94. The predicted molar refractivity (Wildman–Crippen MR) is 109 cm³/mol. The van der Waals surface area contributed by atoms with E-state index in [2.05, 4.69) is 11.8 Å². The Balaban J connectivity index is 1.69. The molecule has 0 fully saturated rings. The van der Waals surface area contributed by atoms with E-state index in [-0.39, 0.29) is 0 Å². The zero-order chi connectivity index (χ0) is 21.0. The number of nitrogens with zero attached hydrogens (tertiary/aromatic N) is 2. The fourth-order valence-electron chi connectivity index (χ4n) is 3.21. The van der Waals surface area contributed by atoms with Crippen LogP contribution in [0.15, 0.2) is 48.5 Å².